The first kappa shape index (κ1) is 10.9. The van der Waals surface area contributed by atoms with Crippen molar-refractivity contribution >= 4 is 5.91 Å². The van der Waals surface area contributed by atoms with Crippen LogP contribution in [0.3, 0.4) is 0 Å². The van der Waals surface area contributed by atoms with Crippen LogP contribution in [0.25, 0.3) is 0 Å². The molecule has 0 aliphatic heterocycles. The number of nitrogens with one attached hydrogen (secondary N) is 2. The molecule has 0 aromatic rings. The van der Waals surface area contributed by atoms with Crippen molar-refractivity contribution in [3.05, 3.63) is 0 Å². The molecule has 15 heavy (non-hydrogen) atoms. The second-order valence-corrected chi connectivity index (χ2v) is 5.83. The number of rotatable bonds is 4. The summed E-state index contributed by atoms with van der Waals surface area (Å²) < 4.78 is 0. The first-order valence-corrected chi connectivity index (χ1v) is 6.08. The highest BCUT2D eigenvalue weighted by Crippen LogP contribution is 2.36. The second kappa shape index (κ2) is 4.12. The van der Waals surface area contributed by atoms with Crippen molar-refractivity contribution in [1.29, 1.82) is 0 Å². The van der Waals surface area contributed by atoms with Crippen LogP contribution in [0.5, 0.6) is 0 Å². The lowest BCUT2D eigenvalue weighted by Gasteiger charge is -2.17. The van der Waals surface area contributed by atoms with E-state index in [0.29, 0.717) is 24.0 Å². The fraction of sp³-hybridized carbons (Fsp3) is 0.917. The van der Waals surface area contributed by atoms with Gasteiger partial charge < -0.3 is 10.6 Å². The van der Waals surface area contributed by atoms with Crippen molar-refractivity contribution in [1.82, 2.24) is 10.6 Å². The molecule has 0 aromatic carbocycles. The minimum absolute atomic E-state index is 0.169. The summed E-state index contributed by atoms with van der Waals surface area (Å²) >= 11 is 0. The van der Waals surface area contributed by atoms with Gasteiger partial charge in [0.1, 0.15) is 0 Å². The van der Waals surface area contributed by atoms with Gasteiger partial charge in [0.2, 0.25) is 5.91 Å². The summed E-state index contributed by atoms with van der Waals surface area (Å²) in [7, 11) is 0. The van der Waals surface area contributed by atoms with E-state index in [0.717, 1.165) is 0 Å². The molecule has 2 aliphatic carbocycles. The summed E-state index contributed by atoms with van der Waals surface area (Å²) in [4.78, 5) is 11.4. The van der Waals surface area contributed by atoms with Gasteiger partial charge in [-0.15, -0.1) is 0 Å². The Hall–Kier alpha value is -0.570. The van der Waals surface area contributed by atoms with Crippen LogP contribution in [0.1, 0.15) is 46.0 Å². The van der Waals surface area contributed by atoms with Gasteiger partial charge in [0, 0.05) is 12.1 Å². The molecule has 0 bridgehead atoms. The van der Waals surface area contributed by atoms with Gasteiger partial charge in [-0.1, -0.05) is 13.8 Å². The van der Waals surface area contributed by atoms with Crippen LogP contribution in [-0.2, 0) is 4.79 Å². The molecule has 0 unspecified atom stereocenters. The van der Waals surface area contributed by atoms with Crippen LogP contribution in [0.4, 0.5) is 0 Å². The second-order valence-electron chi connectivity index (χ2n) is 5.83. The molecule has 0 spiro atoms. The molecule has 2 saturated carbocycles. The Kier molecular flexibility index (Phi) is 3.01. The molecule has 0 aromatic heterocycles. The van der Waals surface area contributed by atoms with E-state index >= 15 is 0 Å². The van der Waals surface area contributed by atoms with Crippen molar-refractivity contribution in [2.24, 2.45) is 5.41 Å². The van der Waals surface area contributed by atoms with E-state index in [1.54, 1.807) is 0 Å². The van der Waals surface area contributed by atoms with Crippen LogP contribution in [0.2, 0.25) is 0 Å². The Morgan fingerprint density at radius 2 is 2.00 bits per heavy atom. The molecular formula is C12H22N2O. The fourth-order valence-electron chi connectivity index (χ4n) is 2.35. The third-order valence-electron chi connectivity index (χ3n) is 3.46. The lowest BCUT2D eigenvalue weighted by atomic mass is 9.92. The van der Waals surface area contributed by atoms with E-state index in [4.69, 9.17) is 0 Å². The van der Waals surface area contributed by atoms with Gasteiger partial charge in [-0.2, -0.15) is 0 Å². The van der Waals surface area contributed by atoms with E-state index in [1.165, 1.54) is 32.1 Å². The van der Waals surface area contributed by atoms with Crippen molar-refractivity contribution in [2.75, 3.05) is 6.54 Å². The highest BCUT2D eigenvalue weighted by molar-refractivity contribution is 5.78. The number of amides is 1. The Balaban J connectivity index is 1.63. The molecule has 2 rings (SSSR count). The van der Waals surface area contributed by atoms with Crippen LogP contribution in [0, 0.1) is 5.41 Å². The third-order valence-corrected chi connectivity index (χ3v) is 3.46. The molecule has 1 atom stereocenters. The molecule has 2 N–H and O–H groups in total. The molecule has 1 amide bonds. The predicted octanol–water partition coefficient (Wildman–Crippen LogP) is 1.43. The third kappa shape index (κ3) is 3.49. The quantitative estimate of drug-likeness (QED) is 0.737. The Bertz CT molecular complexity index is 246. The van der Waals surface area contributed by atoms with E-state index < -0.39 is 0 Å². The molecule has 0 radical (unpaired) electrons. The maximum absolute atomic E-state index is 11.4. The van der Waals surface area contributed by atoms with Gasteiger partial charge in [0.25, 0.3) is 0 Å². The summed E-state index contributed by atoms with van der Waals surface area (Å²) in [5.41, 5.74) is 0.463. The van der Waals surface area contributed by atoms with Crippen LogP contribution in [0.15, 0.2) is 0 Å². The predicted molar refractivity (Wildman–Crippen MR) is 60.6 cm³/mol. The summed E-state index contributed by atoms with van der Waals surface area (Å²) in [6.07, 6.45) is 6.02. The standard InChI is InChI=1S/C12H22N2O/c1-12(2)6-5-10(7-12)13-8-11(15)14-9-3-4-9/h9-10,13H,3-8H2,1-2H3,(H,14,15)/t10-/m0/s1. The zero-order valence-electron chi connectivity index (χ0n) is 9.81. The molecule has 2 aliphatic rings. The lowest BCUT2D eigenvalue weighted by molar-refractivity contribution is -0.120. The van der Waals surface area contributed by atoms with Gasteiger partial charge in [-0.25, -0.2) is 0 Å². The Labute approximate surface area is 92.0 Å². The summed E-state index contributed by atoms with van der Waals surface area (Å²) in [6, 6.07) is 1.03. The highest BCUT2D eigenvalue weighted by atomic mass is 16.2. The molecule has 2 fully saturated rings. The zero-order chi connectivity index (χ0) is 10.9. The largest absolute Gasteiger partial charge is 0.352 e. The van der Waals surface area contributed by atoms with E-state index in [1.807, 2.05) is 0 Å². The Morgan fingerprint density at radius 1 is 1.27 bits per heavy atom. The average Bonchev–Trinajstić information content (AvgIpc) is 2.87. The number of hydrogen-bond acceptors (Lipinski definition) is 2. The monoisotopic (exact) mass is 210 g/mol. The summed E-state index contributed by atoms with van der Waals surface area (Å²) in [5.74, 6) is 0.169. The van der Waals surface area contributed by atoms with Gasteiger partial charge in [0.15, 0.2) is 0 Å². The van der Waals surface area contributed by atoms with Crippen molar-refractivity contribution in [2.45, 2.75) is 58.0 Å². The van der Waals surface area contributed by atoms with Crippen LogP contribution >= 0.6 is 0 Å². The smallest absolute Gasteiger partial charge is 0.234 e. The summed E-state index contributed by atoms with van der Waals surface area (Å²) in [5, 5.41) is 6.36. The fourth-order valence-corrected chi connectivity index (χ4v) is 2.35. The van der Waals surface area contributed by atoms with Crippen LogP contribution < -0.4 is 10.6 Å². The lowest BCUT2D eigenvalue weighted by Crippen LogP contribution is -2.39. The SMILES string of the molecule is CC1(C)CC[C@H](NCC(=O)NC2CC2)C1. The minimum atomic E-state index is 0.169. The molecule has 86 valence electrons. The minimum Gasteiger partial charge on any atom is -0.352 e. The number of hydrogen-bond donors (Lipinski definition) is 2. The maximum Gasteiger partial charge on any atom is 0.234 e. The molecular weight excluding hydrogens is 188 g/mol. The van der Waals surface area contributed by atoms with E-state index in [-0.39, 0.29) is 5.91 Å². The zero-order valence-corrected chi connectivity index (χ0v) is 9.81. The number of carbonyl (C=O) groups is 1. The average molecular weight is 210 g/mol. The van der Waals surface area contributed by atoms with Crippen LogP contribution in [-0.4, -0.2) is 24.5 Å². The van der Waals surface area contributed by atoms with Gasteiger partial charge >= 0.3 is 0 Å². The van der Waals surface area contributed by atoms with E-state index in [9.17, 15) is 4.79 Å². The van der Waals surface area contributed by atoms with E-state index in [2.05, 4.69) is 24.5 Å². The molecule has 0 heterocycles. The van der Waals surface area contributed by atoms with Gasteiger partial charge in [0.05, 0.1) is 6.54 Å². The Morgan fingerprint density at radius 3 is 2.53 bits per heavy atom. The van der Waals surface area contributed by atoms with Crippen molar-refractivity contribution in [3.8, 4) is 0 Å². The first-order valence-electron chi connectivity index (χ1n) is 6.08. The topological polar surface area (TPSA) is 41.1 Å². The van der Waals surface area contributed by atoms with Crippen molar-refractivity contribution < 1.29 is 4.79 Å². The molecule has 3 heteroatoms. The molecule has 0 saturated heterocycles. The van der Waals surface area contributed by atoms with Crippen molar-refractivity contribution in [3.63, 3.8) is 0 Å². The normalized spacial score (nSPS) is 29.1. The first-order chi connectivity index (χ1) is 7.05. The van der Waals surface area contributed by atoms with Gasteiger partial charge in [-0.05, 0) is 37.5 Å². The number of carbonyl (C=O) groups excluding carboxylic acids is 1. The molecule has 3 nitrogen and oxygen atoms in total. The van der Waals surface area contributed by atoms with Gasteiger partial charge in [-0.3, -0.25) is 4.79 Å². The highest BCUT2D eigenvalue weighted by Gasteiger charge is 2.31. The maximum atomic E-state index is 11.4. The summed E-state index contributed by atoms with van der Waals surface area (Å²) in [6.45, 7) is 5.11.